The van der Waals surface area contributed by atoms with E-state index < -0.39 is 0 Å². The Balaban J connectivity index is 2.06. The Morgan fingerprint density at radius 3 is 2.59 bits per heavy atom. The first kappa shape index (κ1) is 12.8. The highest BCUT2D eigenvalue weighted by molar-refractivity contribution is 9.10. The number of rotatable bonds is 3. The molecule has 2 rings (SSSR count). The van der Waals surface area contributed by atoms with E-state index in [1.54, 1.807) is 0 Å². The number of ketones is 1. The molecule has 1 aliphatic rings. The molecule has 1 aliphatic heterocycles. The number of carbonyl (C=O) groups excluding carboxylic acids is 1. The molecule has 0 bridgehead atoms. The summed E-state index contributed by atoms with van der Waals surface area (Å²) < 4.78 is 1.01. The summed E-state index contributed by atoms with van der Waals surface area (Å²) in [4.78, 5) is 14.6. The van der Waals surface area contributed by atoms with Gasteiger partial charge in [0.2, 0.25) is 0 Å². The van der Waals surface area contributed by atoms with Gasteiger partial charge in [0.15, 0.2) is 5.78 Å². The van der Waals surface area contributed by atoms with Gasteiger partial charge in [-0.15, -0.1) is 0 Å². The molecule has 17 heavy (non-hydrogen) atoms. The number of nitrogens with zero attached hydrogens (tertiary/aromatic N) is 1. The summed E-state index contributed by atoms with van der Waals surface area (Å²) in [6.45, 7) is 6.35. The molecule has 3 heteroatoms. The van der Waals surface area contributed by atoms with Crippen LogP contribution in [0.1, 0.15) is 30.6 Å². The van der Waals surface area contributed by atoms with Gasteiger partial charge in [-0.25, -0.2) is 0 Å². The second-order valence-electron chi connectivity index (χ2n) is 4.94. The van der Waals surface area contributed by atoms with E-state index in [1.807, 2.05) is 31.2 Å². The SMILES string of the molecule is CC1CCN(C(C)C(=O)c2ccc(Br)cc2)C1. The van der Waals surface area contributed by atoms with Gasteiger partial charge in [-0.1, -0.05) is 35.0 Å². The zero-order valence-corrected chi connectivity index (χ0v) is 11.9. The summed E-state index contributed by atoms with van der Waals surface area (Å²) in [6.07, 6.45) is 1.21. The molecular formula is C14H18BrNO. The lowest BCUT2D eigenvalue weighted by Gasteiger charge is -2.22. The third-order valence-electron chi connectivity index (χ3n) is 3.51. The normalized spacial score (nSPS) is 22.6. The molecule has 1 aromatic rings. The quantitative estimate of drug-likeness (QED) is 0.797. The van der Waals surface area contributed by atoms with Crippen molar-refractivity contribution in [3.8, 4) is 0 Å². The molecule has 1 heterocycles. The third kappa shape index (κ3) is 2.96. The van der Waals surface area contributed by atoms with E-state index in [2.05, 4.69) is 27.8 Å². The molecule has 1 fully saturated rings. The smallest absolute Gasteiger partial charge is 0.179 e. The van der Waals surface area contributed by atoms with Gasteiger partial charge in [0.05, 0.1) is 6.04 Å². The number of hydrogen-bond acceptors (Lipinski definition) is 2. The van der Waals surface area contributed by atoms with Crippen molar-refractivity contribution < 1.29 is 4.79 Å². The maximum absolute atomic E-state index is 12.3. The van der Waals surface area contributed by atoms with Crippen molar-refractivity contribution >= 4 is 21.7 Å². The van der Waals surface area contributed by atoms with Crippen LogP contribution in [-0.4, -0.2) is 29.8 Å². The van der Waals surface area contributed by atoms with Crippen molar-refractivity contribution in [1.29, 1.82) is 0 Å². The second-order valence-corrected chi connectivity index (χ2v) is 5.85. The Morgan fingerprint density at radius 1 is 1.41 bits per heavy atom. The van der Waals surface area contributed by atoms with E-state index in [-0.39, 0.29) is 11.8 Å². The van der Waals surface area contributed by atoms with Crippen molar-refractivity contribution in [2.45, 2.75) is 26.3 Å². The first-order valence-electron chi connectivity index (χ1n) is 6.12. The standard InChI is InChI=1S/C14H18BrNO/c1-10-7-8-16(9-10)11(2)14(17)12-3-5-13(15)6-4-12/h3-6,10-11H,7-9H2,1-2H3. The maximum atomic E-state index is 12.3. The molecule has 0 amide bonds. The fourth-order valence-corrected chi connectivity index (χ4v) is 2.61. The Morgan fingerprint density at radius 2 is 2.06 bits per heavy atom. The van der Waals surface area contributed by atoms with E-state index in [0.29, 0.717) is 0 Å². The molecule has 0 spiro atoms. The summed E-state index contributed by atoms with van der Waals surface area (Å²) in [6, 6.07) is 7.63. The van der Waals surface area contributed by atoms with E-state index >= 15 is 0 Å². The summed E-state index contributed by atoms with van der Waals surface area (Å²) in [7, 11) is 0. The molecule has 92 valence electrons. The highest BCUT2D eigenvalue weighted by Gasteiger charge is 2.27. The average molecular weight is 296 g/mol. The van der Waals surface area contributed by atoms with Gasteiger partial charge in [0.1, 0.15) is 0 Å². The Labute approximate surface area is 111 Å². The lowest BCUT2D eigenvalue weighted by molar-refractivity contribution is 0.0863. The van der Waals surface area contributed by atoms with Crippen LogP contribution in [0.2, 0.25) is 0 Å². The van der Waals surface area contributed by atoms with Gasteiger partial charge in [-0.05, 0) is 37.9 Å². The monoisotopic (exact) mass is 295 g/mol. The second kappa shape index (κ2) is 5.32. The fraction of sp³-hybridized carbons (Fsp3) is 0.500. The molecule has 2 atom stereocenters. The fourth-order valence-electron chi connectivity index (χ4n) is 2.34. The van der Waals surface area contributed by atoms with Crippen molar-refractivity contribution in [3.63, 3.8) is 0 Å². The van der Waals surface area contributed by atoms with E-state index in [0.717, 1.165) is 29.0 Å². The van der Waals surface area contributed by atoms with Gasteiger partial charge in [-0.3, -0.25) is 9.69 Å². The number of Topliss-reactive ketones (excluding diaryl/α,β-unsaturated/α-hetero) is 1. The minimum Gasteiger partial charge on any atom is -0.293 e. The van der Waals surface area contributed by atoms with Crippen LogP contribution in [-0.2, 0) is 0 Å². The van der Waals surface area contributed by atoms with Crippen LogP contribution in [0.5, 0.6) is 0 Å². The van der Waals surface area contributed by atoms with Gasteiger partial charge in [0.25, 0.3) is 0 Å². The summed E-state index contributed by atoms with van der Waals surface area (Å²) >= 11 is 3.38. The Kier molecular flexibility index (Phi) is 4.00. The summed E-state index contributed by atoms with van der Waals surface area (Å²) in [5.74, 6) is 0.946. The van der Waals surface area contributed by atoms with E-state index in [9.17, 15) is 4.79 Å². The highest BCUT2D eigenvalue weighted by Crippen LogP contribution is 2.20. The Bertz CT molecular complexity index is 401. The van der Waals surface area contributed by atoms with Gasteiger partial charge >= 0.3 is 0 Å². The minimum atomic E-state index is 0.00104. The van der Waals surface area contributed by atoms with Crippen molar-refractivity contribution in [1.82, 2.24) is 4.90 Å². The lowest BCUT2D eigenvalue weighted by atomic mass is 10.0. The number of carbonyl (C=O) groups is 1. The van der Waals surface area contributed by atoms with E-state index in [1.165, 1.54) is 6.42 Å². The van der Waals surface area contributed by atoms with Crippen LogP contribution in [0.25, 0.3) is 0 Å². The molecule has 2 nitrogen and oxygen atoms in total. The van der Waals surface area contributed by atoms with Crippen molar-refractivity contribution in [2.75, 3.05) is 13.1 Å². The van der Waals surface area contributed by atoms with Crippen molar-refractivity contribution in [3.05, 3.63) is 34.3 Å². The zero-order valence-electron chi connectivity index (χ0n) is 10.3. The molecule has 1 aromatic carbocycles. The molecule has 0 radical (unpaired) electrons. The number of halogens is 1. The molecule has 1 saturated heterocycles. The lowest BCUT2D eigenvalue weighted by Crippen LogP contribution is -2.37. The number of hydrogen-bond donors (Lipinski definition) is 0. The van der Waals surface area contributed by atoms with Crippen LogP contribution in [0.4, 0.5) is 0 Å². The summed E-state index contributed by atoms with van der Waals surface area (Å²) in [5.41, 5.74) is 0.806. The topological polar surface area (TPSA) is 20.3 Å². The number of benzene rings is 1. The molecule has 0 aliphatic carbocycles. The van der Waals surface area contributed by atoms with Gasteiger partial charge in [0, 0.05) is 16.6 Å². The summed E-state index contributed by atoms with van der Waals surface area (Å²) in [5, 5.41) is 0. The van der Waals surface area contributed by atoms with Gasteiger partial charge in [-0.2, -0.15) is 0 Å². The maximum Gasteiger partial charge on any atom is 0.179 e. The first-order chi connectivity index (χ1) is 8.08. The third-order valence-corrected chi connectivity index (χ3v) is 4.04. The van der Waals surface area contributed by atoms with Crippen LogP contribution in [0.15, 0.2) is 28.7 Å². The van der Waals surface area contributed by atoms with Gasteiger partial charge < -0.3 is 0 Å². The van der Waals surface area contributed by atoms with Crippen molar-refractivity contribution in [2.24, 2.45) is 5.92 Å². The minimum absolute atomic E-state index is 0.00104. The first-order valence-corrected chi connectivity index (χ1v) is 6.91. The average Bonchev–Trinajstić information content (AvgIpc) is 2.75. The van der Waals surface area contributed by atoms with E-state index in [4.69, 9.17) is 0 Å². The van der Waals surface area contributed by atoms with Crippen LogP contribution >= 0.6 is 15.9 Å². The molecule has 2 unspecified atom stereocenters. The van der Waals surface area contributed by atoms with Crippen LogP contribution in [0.3, 0.4) is 0 Å². The van der Waals surface area contributed by atoms with Crippen LogP contribution < -0.4 is 0 Å². The predicted molar refractivity (Wildman–Crippen MR) is 73.3 cm³/mol. The molecular weight excluding hydrogens is 278 g/mol. The highest BCUT2D eigenvalue weighted by atomic mass is 79.9. The molecule has 0 saturated carbocycles. The Hall–Kier alpha value is -0.670. The predicted octanol–water partition coefficient (Wildman–Crippen LogP) is 3.36. The molecule has 0 aromatic heterocycles. The largest absolute Gasteiger partial charge is 0.293 e. The zero-order chi connectivity index (χ0) is 12.4. The number of likely N-dealkylation sites (tertiary alicyclic amines) is 1. The molecule has 0 N–H and O–H groups in total. The van der Waals surface area contributed by atoms with Crippen LogP contribution in [0, 0.1) is 5.92 Å².